The van der Waals surface area contributed by atoms with Crippen LogP contribution in [0.2, 0.25) is 0 Å². The van der Waals surface area contributed by atoms with Crippen LogP contribution in [0.1, 0.15) is 27.7 Å². The number of nitrogens with zero attached hydrogens (tertiary/aromatic N) is 1. The number of ether oxygens (including phenoxy) is 1. The second-order valence-electron chi connectivity index (χ2n) is 5.24. The molecule has 2 unspecified atom stereocenters. The first-order valence-electron chi connectivity index (χ1n) is 5.62. The molecule has 1 N–H and O–H groups in total. The molecule has 1 heterocycles. The average Bonchev–Trinajstić information content (AvgIpc) is 2.15. The van der Waals surface area contributed by atoms with Gasteiger partial charge in [-0.2, -0.15) is 0 Å². The third-order valence-electron chi connectivity index (χ3n) is 2.47. The molecule has 1 aliphatic rings. The molecule has 1 aliphatic heterocycles. The van der Waals surface area contributed by atoms with Gasteiger partial charge in [-0.15, -0.1) is 11.6 Å². The van der Waals surface area contributed by atoms with Crippen LogP contribution in [0.3, 0.4) is 0 Å². The maximum atomic E-state index is 11.9. The van der Waals surface area contributed by atoms with Gasteiger partial charge in [0.25, 0.3) is 0 Å². The van der Waals surface area contributed by atoms with Crippen LogP contribution >= 0.6 is 11.6 Å². The average molecular weight is 249 g/mol. The second kappa shape index (κ2) is 5.23. The van der Waals surface area contributed by atoms with Gasteiger partial charge in [0.05, 0.1) is 0 Å². The lowest BCUT2D eigenvalue weighted by Crippen LogP contribution is -2.58. The molecule has 1 rings (SSSR count). The fourth-order valence-electron chi connectivity index (χ4n) is 1.61. The van der Waals surface area contributed by atoms with E-state index in [-0.39, 0.29) is 18.2 Å². The van der Waals surface area contributed by atoms with E-state index in [9.17, 15) is 4.79 Å². The molecule has 0 saturated carbocycles. The molecule has 16 heavy (non-hydrogen) atoms. The van der Waals surface area contributed by atoms with Gasteiger partial charge >= 0.3 is 6.09 Å². The summed E-state index contributed by atoms with van der Waals surface area (Å²) in [5, 5.41) is 3.28. The number of halogens is 1. The van der Waals surface area contributed by atoms with E-state index >= 15 is 0 Å². The van der Waals surface area contributed by atoms with Crippen LogP contribution in [-0.4, -0.2) is 47.6 Å². The molecule has 4 nitrogen and oxygen atoms in total. The van der Waals surface area contributed by atoms with E-state index in [0.29, 0.717) is 12.4 Å². The lowest BCUT2D eigenvalue weighted by Gasteiger charge is -2.38. The Morgan fingerprint density at radius 3 is 2.69 bits per heavy atom. The summed E-state index contributed by atoms with van der Waals surface area (Å²) in [7, 11) is 0. The van der Waals surface area contributed by atoms with Crippen molar-refractivity contribution >= 4 is 17.7 Å². The van der Waals surface area contributed by atoms with Crippen LogP contribution in [0, 0.1) is 0 Å². The number of hydrogen-bond donors (Lipinski definition) is 1. The van der Waals surface area contributed by atoms with Crippen molar-refractivity contribution in [2.75, 3.05) is 19.0 Å². The third-order valence-corrected chi connectivity index (χ3v) is 2.84. The summed E-state index contributed by atoms with van der Waals surface area (Å²) in [4.78, 5) is 13.7. The summed E-state index contributed by atoms with van der Waals surface area (Å²) in [5.41, 5.74) is -0.446. The van der Waals surface area contributed by atoms with Crippen molar-refractivity contribution in [3.8, 4) is 0 Å². The first kappa shape index (κ1) is 13.6. The summed E-state index contributed by atoms with van der Waals surface area (Å²) >= 11 is 5.79. The van der Waals surface area contributed by atoms with E-state index in [1.807, 2.05) is 27.7 Å². The molecule has 1 fully saturated rings. The summed E-state index contributed by atoms with van der Waals surface area (Å²) in [6, 6.07) is 0.305. The zero-order valence-corrected chi connectivity index (χ0v) is 11.2. The Hall–Kier alpha value is -0.480. The maximum absolute atomic E-state index is 11.9. The number of piperazine rings is 1. The highest BCUT2D eigenvalue weighted by atomic mass is 35.5. The van der Waals surface area contributed by atoms with Gasteiger partial charge < -0.3 is 15.0 Å². The molecule has 0 spiro atoms. The lowest BCUT2D eigenvalue weighted by molar-refractivity contribution is 0.0106. The van der Waals surface area contributed by atoms with Crippen molar-refractivity contribution in [2.24, 2.45) is 0 Å². The zero-order chi connectivity index (χ0) is 12.3. The quantitative estimate of drug-likeness (QED) is 0.720. The fourth-order valence-corrected chi connectivity index (χ4v) is 1.81. The molecule has 0 aromatic carbocycles. The topological polar surface area (TPSA) is 41.6 Å². The molecule has 1 amide bonds. The number of carbonyl (C=O) groups is 1. The van der Waals surface area contributed by atoms with Crippen LogP contribution in [0.5, 0.6) is 0 Å². The molecular formula is C11H21ClN2O2. The molecule has 0 aromatic heterocycles. The molecule has 0 aromatic rings. The highest BCUT2D eigenvalue weighted by Crippen LogP contribution is 2.14. The zero-order valence-electron chi connectivity index (χ0n) is 10.4. The van der Waals surface area contributed by atoms with E-state index in [0.717, 1.165) is 6.54 Å². The normalized spacial score (nSPS) is 26.7. The number of nitrogens with one attached hydrogen (secondary N) is 1. The van der Waals surface area contributed by atoms with Gasteiger partial charge in [-0.1, -0.05) is 0 Å². The number of alkyl halides is 1. The van der Waals surface area contributed by atoms with E-state index in [2.05, 4.69) is 5.32 Å². The molecule has 5 heteroatoms. The highest BCUT2D eigenvalue weighted by molar-refractivity contribution is 6.18. The maximum Gasteiger partial charge on any atom is 0.410 e. The number of amides is 1. The van der Waals surface area contributed by atoms with E-state index in [4.69, 9.17) is 16.3 Å². The van der Waals surface area contributed by atoms with E-state index in [1.54, 1.807) is 4.90 Å². The Morgan fingerprint density at radius 2 is 2.19 bits per heavy atom. The van der Waals surface area contributed by atoms with Crippen LogP contribution in [-0.2, 0) is 4.74 Å². The summed E-state index contributed by atoms with van der Waals surface area (Å²) < 4.78 is 5.36. The van der Waals surface area contributed by atoms with Crippen molar-refractivity contribution in [3.63, 3.8) is 0 Å². The predicted octanol–water partition coefficient (Wildman–Crippen LogP) is 1.82. The molecule has 1 saturated heterocycles. The first-order valence-corrected chi connectivity index (χ1v) is 6.16. The van der Waals surface area contributed by atoms with Gasteiger partial charge in [-0.05, 0) is 27.7 Å². The molecule has 0 bridgehead atoms. The molecule has 0 aliphatic carbocycles. The van der Waals surface area contributed by atoms with Crippen LogP contribution < -0.4 is 5.32 Å². The number of carbonyl (C=O) groups excluding carboxylic acids is 1. The molecule has 0 radical (unpaired) electrons. The van der Waals surface area contributed by atoms with Gasteiger partial charge in [0.1, 0.15) is 5.60 Å². The highest BCUT2D eigenvalue weighted by Gasteiger charge is 2.31. The molecule has 2 atom stereocenters. The van der Waals surface area contributed by atoms with Gasteiger partial charge in [0, 0.05) is 31.1 Å². The van der Waals surface area contributed by atoms with Gasteiger partial charge in [-0.25, -0.2) is 4.79 Å². The van der Waals surface area contributed by atoms with E-state index < -0.39 is 5.60 Å². The van der Waals surface area contributed by atoms with Crippen molar-refractivity contribution in [1.29, 1.82) is 0 Å². The lowest BCUT2D eigenvalue weighted by atomic mass is 10.1. The molecular weight excluding hydrogens is 228 g/mol. The molecule has 94 valence electrons. The minimum atomic E-state index is -0.446. The first-order chi connectivity index (χ1) is 7.33. The Balaban J connectivity index is 2.59. The van der Waals surface area contributed by atoms with Gasteiger partial charge in [-0.3, -0.25) is 0 Å². The largest absolute Gasteiger partial charge is 0.444 e. The van der Waals surface area contributed by atoms with Crippen molar-refractivity contribution in [2.45, 2.75) is 45.4 Å². The van der Waals surface area contributed by atoms with Gasteiger partial charge in [0.2, 0.25) is 0 Å². The Bertz CT molecular complexity index is 253. The minimum absolute atomic E-state index is 0.148. The number of hydrogen-bond acceptors (Lipinski definition) is 3. The van der Waals surface area contributed by atoms with E-state index in [1.165, 1.54) is 0 Å². The van der Waals surface area contributed by atoms with Crippen molar-refractivity contribution in [3.05, 3.63) is 0 Å². The van der Waals surface area contributed by atoms with Crippen LogP contribution in [0.15, 0.2) is 0 Å². The summed E-state index contributed by atoms with van der Waals surface area (Å²) in [6.07, 6.45) is -0.253. The van der Waals surface area contributed by atoms with Gasteiger partial charge in [0.15, 0.2) is 0 Å². The van der Waals surface area contributed by atoms with Crippen molar-refractivity contribution < 1.29 is 9.53 Å². The standard InChI is InChI=1S/C11H21ClN2O2/c1-8-6-13-9(5-12)7-14(8)10(15)16-11(2,3)4/h8-9,13H,5-7H2,1-4H3. The number of rotatable bonds is 1. The Kier molecular flexibility index (Phi) is 4.44. The summed E-state index contributed by atoms with van der Waals surface area (Å²) in [6.45, 7) is 8.99. The predicted molar refractivity (Wildman–Crippen MR) is 64.9 cm³/mol. The Morgan fingerprint density at radius 1 is 1.56 bits per heavy atom. The summed E-state index contributed by atoms with van der Waals surface area (Å²) in [5.74, 6) is 0.506. The second-order valence-corrected chi connectivity index (χ2v) is 5.55. The Labute approximate surface area is 102 Å². The smallest absolute Gasteiger partial charge is 0.410 e. The third kappa shape index (κ3) is 3.83. The van der Waals surface area contributed by atoms with Crippen molar-refractivity contribution in [1.82, 2.24) is 10.2 Å². The minimum Gasteiger partial charge on any atom is -0.444 e. The van der Waals surface area contributed by atoms with Crippen LogP contribution in [0.4, 0.5) is 4.79 Å². The SMILES string of the molecule is CC1CNC(CCl)CN1C(=O)OC(C)(C)C. The monoisotopic (exact) mass is 248 g/mol. The van der Waals surface area contributed by atoms with Crippen LogP contribution in [0.25, 0.3) is 0 Å². The fraction of sp³-hybridized carbons (Fsp3) is 0.909.